The Bertz CT molecular complexity index is 805. The van der Waals surface area contributed by atoms with E-state index in [4.69, 9.17) is 0 Å². The highest BCUT2D eigenvalue weighted by atomic mass is 32.3. The van der Waals surface area contributed by atoms with Gasteiger partial charge in [-0.3, -0.25) is 9.27 Å². The summed E-state index contributed by atoms with van der Waals surface area (Å²) in [5, 5.41) is 0. The van der Waals surface area contributed by atoms with Crippen molar-refractivity contribution in [3.8, 4) is 0 Å². The second-order valence-electron chi connectivity index (χ2n) is 3.98. The van der Waals surface area contributed by atoms with Crippen molar-refractivity contribution in [2.24, 2.45) is 0 Å². The molecule has 0 aliphatic rings. The molecule has 112 valence electrons. The summed E-state index contributed by atoms with van der Waals surface area (Å²) in [6, 6.07) is 14.7. The van der Waals surface area contributed by atoms with Crippen molar-refractivity contribution in [1.82, 2.24) is 0 Å². The summed E-state index contributed by atoms with van der Waals surface area (Å²) in [6.45, 7) is 0. The van der Waals surface area contributed by atoms with E-state index in [0.717, 1.165) is 0 Å². The lowest BCUT2D eigenvalue weighted by molar-refractivity contribution is 0.484. The molecule has 21 heavy (non-hydrogen) atoms. The average Bonchev–Trinajstić information content (AvgIpc) is 2.38. The molecule has 0 aliphatic carbocycles. The zero-order valence-electron chi connectivity index (χ0n) is 10.6. The van der Waals surface area contributed by atoms with Crippen LogP contribution < -0.4 is 8.43 Å². The standard InChI is InChI=1S/C12H12N2O5S2/c15-20(16,13-11-7-3-1-4-8-11)14(21(17,18)19)12-9-5-2-6-10-12/h1-10,13H,(H,17,18,19). The van der Waals surface area contributed by atoms with Gasteiger partial charge in [-0.05, 0) is 24.3 Å². The summed E-state index contributed by atoms with van der Waals surface area (Å²) < 4.78 is 58.5. The van der Waals surface area contributed by atoms with Gasteiger partial charge in [-0.15, -0.1) is 3.71 Å². The molecule has 0 saturated carbocycles. The van der Waals surface area contributed by atoms with Crippen LogP contribution in [0.2, 0.25) is 0 Å². The van der Waals surface area contributed by atoms with E-state index >= 15 is 0 Å². The lowest BCUT2D eigenvalue weighted by Gasteiger charge is -2.21. The van der Waals surface area contributed by atoms with Crippen LogP contribution in [0.3, 0.4) is 0 Å². The first-order valence-electron chi connectivity index (χ1n) is 5.71. The van der Waals surface area contributed by atoms with Crippen molar-refractivity contribution in [2.45, 2.75) is 0 Å². The van der Waals surface area contributed by atoms with Gasteiger partial charge >= 0.3 is 20.5 Å². The van der Waals surface area contributed by atoms with E-state index in [1.807, 2.05) is 0 Å². The number of nitrogens with zero attached hydrogens (tertiary/aromatic N) is 1. The summed E-state index contributed by atoms with van der Waals surface area (Å²) >= 11 is 0. The lowest BCUT2D eigenvalue weighted by atomic mass is 10.3. The molecular weight excluding hydrogens is 316 g/mol. The number of hydrogen-bond donors (Lipinski definition) is 2. The van der Waals surface area contributed by atoms with Crippen LogP contribution >= 0.6 is 0 Å². The Hall–Kier alpha value is -2.10. The number of para-hydroxylation sites is 2. The predicted octanol–water partition coefficient (Wildman–Crippen LogP) is 1.65. The molecule has 2 N–H and O–H groups in total. The SMILES string of the molecule is O=S(=O)(O)N(c1ccccc1)S(=O)(=O)Nc1ccccc1. The maximum atomic E-state index is 12.2. The van der Waals surface area contributed by atoms with Gasteiger partial charge in [0, 0.05) is 0 Å². The summed E-state index contributed by atoms with van der Waals surface area (Å²) in [6.07, 6.45) is 0. The fourth-order valence-corrected chi connectivity index (χ4v) is 4.05. The minimum absolute atomic E-state index is 0.0764. The van der Waals surface area contributed by atoms with Crippen LogP contribution in [-0.4, -0.2) is 21.4 Å². The molecule has 0 heterocycles. The second-order valence-corrected chi connectivity index (χ2v) is 7.00. The van der Waals surface area contributed by atoms with Crippen LogP contribution in [0.15, 0.2) is 60.7 Å². The van der Waals surface area contributed by atoms with E-state index in [1.54, 1.807) is 24.3 Å². The minimum atomic E-state index is -5.01. The molecule has 2 aromatic rings. The molecule has 7 nitrogen and oxygen atoms in total. The number of rotatable bonds is 5. The minimum Gasteiger partial charge on any atom is -0.268 e. The Kier molecular flexibility index (Phi) is 4.16. The second kappa shape index (κ2) is 5.72. The fourth-order valence-electron chi connectivity index (χ4n) is 1.64. The Morgan fingerprint density at radius 1 is 0.810 bits per heavy atom. The van der Waals surface area contributed by atoms with Gasteiger partial charge in [0.1, 0.15) is 0 Å². The van der Waals surface area contributed by atoms with E-state index in [-0.39, 0.29) is 15.1 Å². The molecule has 2 rings (SSSR count). The van der Waals surface area contributed by atoms with Crippen molar-refractivity contribution in [3.05, 3.63) is 60.7 Å². The molecule has 0 radical (unpaired) electrons. The number of anilines is 2. The first-order chi connectivity index (χ1) is 9.81. The summed E-state index contributed by atoms with van der Waals surface area (Å²) in [5.74, 6) is 0. The van der Waals surface area contributed by atoms with E-state index < -0.39 is 20.5 Å². The number of nitrogens with one attached hydrogen (secondary N) is 1. The van der Waals surface area contributed by atoms with Gasteiger partial charge < -0.3 is 0 Å². The molecule has 0 atom stereocenters. The van der Waals surface area contributed by atoms with Crippen molar-refractivity contribution in [3.63, 3.8) is 0 Å². The Morgan fingerprint density at radius 2 is 1.29 bits per heavy atom. The molecule has 0 amide bonds. The first kappa shape index (κ1) is 15.3. The number of benzene rings is 2. The van der Waals surface area contributed by atoms with E-state index in [0.29, 0.717) is 0 Å². The Balaban J connectivity index is 2.47. The van der Waals surface area contributed by atoms with Crippen LogP contribution in [0.1, 0.15) is 0 Å². The highest BCUT2D eigenvalue weighted by Crippen LogP contribution is 2.22. The zero-order valence-corrected chi connectivity index (χ0v) is 12.3. The van der Waals surface area contributed by atoms with Crippen LogP contribution in [0, 0.1) is 0 Å². The van der Waals surface area contributed by atoms with Gasteiger partial charge in [0.05, 0.1) is 11.4 Å². The van der Waals surface area contributed by atoms with Crippen LogP contribution in [0.25, 0.3) is 0 Å². The maximum absolute atomic E-state index is 12.2. The molecule has 0 bridgehead atoms. The average molecular weight is 328 g/mol. The molecule has 0 unspecified atom stereocenters. The third-order valence-electron chi connectivity index (χ3n) is 2.42. The van der Waals surface area contributed by atoms with Crippen molar-refractivity contribution in [1.29, 1.82) is 0 Å². The maximum Gasteiger partial charge on any atom is 0.374 e. The first-order valence-corrected chi connectivity index (χ1v) is 8.55. The highest BCUT2D eigenvalue weighted by molar-refractivity contribution is 8.08. The highest BCUT2D eigenvalue weighted by Gasteiger charge is 2.32. The summed E-state index contributed by atoms with van der Waals surface area (Å²) in [4.78, 5) is 0. The fraction of sp³-hybridized carbons (Fsp3) is 0. The lowest BCUT2D eigenvalue weighted by Crippen LogP contribution is -2.40. The molecule has 0 spiro atoms. The topological polar surface area (TPSA) is 104 Å². The van der Waals surface area contributed by atoms with E-state index in [1.165, 1.54) is 36.4 Å². The van der Waals surface area contributed by atoms with Gasteiger partial charge in [0.15, 0.2) is 0 Å². The Morgan fingerprint density at radius 3 is 1.76 bits per heavy atom. The summed E-state index contributed by atoms with van der Waals surface area (Å²) in [5.41, 5.74) is -0.0366. The third-order valence-corrected chi connectivity index (χ3v) is 5.34. The third kappa shape index (κ3) is 3.72. The van der Waals surface area contributed by atoms with Gasteiger partial charge in [-0.1, -0.05) is 36.4 Å². The van der Waals surface area contributed by atoms with Crippen molar-refractivity contribution in [2.75, 3.05) is 8.43 Å². The molecule has 2 aromatic carbocycles. The van der Waals surface area contributed by atoms with Gasteiger partial charge in [-0.25, -0.2) is 0 Å². The van der Waals surface area contributed by atoms with Gasteiger partial charge in [0.25, 0.3) is 0 Å². The van der Waals surface area contributed by atoms with Crippen molar-refractivity contribution < 1.29 is 21.4 Å². The molecule has 9 heteroatoms. The predicted molar refractivity (Wildman–Crippen MR) is 79.5 cm³/mol. The van der Waals surface area contributed by atoms with Gasteiger partial charge in [-0.2, -0.15) is 16.8 Å². The smallest absolute Gasteiger partial charge is 0.268 e. The molecule has 0 aliphatic heterocycles. The van der Waals surface area contributed by atoms with Crippen LogP contribution in [0.5, 0.6) is 0 Å². The van der Waals surface area contributed by atoms with Crippen molar-refractivity contribution >= 4 is 31.9 Å². The van der Waals surface area contributed by atoms with Gasteiger partial charge in [0.2, 0.25) is 0 Å². The molecular formula is C12H12N2O5S2. The quantitative estimate of drug-likeness (QED) is 0.812. The zero-order chi connectivity index (χ0) is 15.5. The number of hydrogen-bond acceptors (Lipinski definition) is 4. The molecule has 0 saturated heterocycles. The molecule has 0 aromatic heterocycles. The largest absolute Gasteiger partial charge is 0.374 e. The van der Waals surface area contributed by atoms with E-state index in [2.05, 4.69) is 4.72 Å². The monoisotopic (exact) mass is 328 g/mol. The van der Waals surface area contributed by atoms with Crippen LogP contribution in [0.4, 0.5) is 11.4 Å². The Labute approximate surface area is 122 Å². The van der Waals surface area contributed by atoms with Crippen LogP contribution in [-0.2, 0) is 20.5 Å². The normalized spacial score (nSPS) is 11.9. The molecule has 0 fully saturated rings. The summed E-state index contributed by atoms with van der Waals surface area (Å²) in [7, 11) is -9.55. The van der Waals surface area contributed by atoms with E-state index in [9.17, 15) is 21.4 Å².